The molecule has 5 heteroatoms. The quantitative estimate of drug-likeness (QED) is 0.835. The van der Waals surface area contributed by atoms with E-state index in [2.05, 4.69) is 19.2 Å². The highest BCUT2D eigenvalue weighted by Crippen LogP contribution is 2.31. The molecule has 106 valence electrons. The van der Waals surface area contributed by atoms with Crippen LogP contribution in [-0.2, 0) is 4.74 Å². The van der Waals surface area contributed by atoms with Crippen molar-refractivity contribution >= 4 is 28.9 Å². The Kier molecular flexibility index (Phi) is 4.96. The van der Waals surface area contributed by atoms with Crippen molar-refractivity contribution in [2.24, 2.45) is 0 Å². The SMILES string of the molecule is C[C@@H]1C[C@H](N[C@H](C)c2cc(Cl)c(N)c(Cl)c2)CCO1. The zero-order valence-electron chi connectivity index (χ0n) is 11.2. The van der Waals surface area contributed by atoms with E-state index in [0.29, 0.717) is 27.9 Å². The van der Waals surface area contributed by atoms with Gasteiger partial charge in [0.05, 0.1) is 21.8 Å². The monoisotopic (exact) mass is 302 g/mol. The summed E-state index contributed by atoms with van der Waals surface area (Å²) in [7, 11) is 0. The fraction of sp³-hybridized carbons (Fsp3) is 0.571. The lowest BCUT2D eigenvalue weighted by Gasteiger charge is -2.30. The van der Waals surface area contributed by atoms with Crippen molar-refractivity contribution in [2.45, 2.75) is 44.9 Å². The molecule has 0 saturated carbocycles. The predicted octanol–water partition coefficient (Wildman–Crippen LogP) is 3.79. The number of hydrogen-bond donors (Lipinski definition) is 2. The summed E-state index contributed by atoms with van der Waals surface area (Å²) in [5.74, 6) is 0. The molecule has 0 spiro atoms. The van der Waals surface area contributed by atoms with Crippen LogP contribution in [0.5, 0.6) is 0 Å². The molecule has 1 aromatic rings. The molecule has 0 aliphatic carbocycles. The predicted molar refractivity (Wildman–Crippen MR) is 80.9 cm³/mol. The van der Waals surface area contributed by atoms with E-state index in [0.717, 1.165) is 25.0 Å². The number of rotatable bonds is 3. The zero-order valence-corrected chi connectivity index (χ0v) is 12.8. The van der Waals surface area contributed by atoms with Gasteiger partial charge in [0.15, 0.2) is 0 Å². The van der Waals surface area contributed by atoms with E-state index in [-0.39, 0.29) is 6.04 Å². The van der Waals surface area contributed by atoms with Crippen LogP contribution in [-0.4, -0.2) is 18.8 Å². The summed E-state index contributed by atoms with van der Waals surface area (Å²) in [5, 5.41) is 4.62. The lowest BCUT2D eigenvalue weighted by Crippen LogP contribution is -2.39. The molecule has 1 heterocycles. The molecule has 1 aliphatic heterocycles. The number of halogens is 2. The lowest BCUT2D eigenvalue weighted by molar-refractivity contribution is 0.0116. The summed E-state index contributed by atoms with van der Waals surface area (Å²) in [4.78, 5) is 0. The van der Waals surface area contributed by atoms with Crippen molar-refractivity contribution < 1.29 is 4.74 Å². The third-order valence-electron chi connectivity index (χ3n) is 3.57. The highest BCUT2D eigenvalue weighted by atomic mass is 35.5. The Bertz CT molecular complexity index is 430. The molecular formula is C14H20Cl2N2O. The molecule has 0 bridgehead atoms. The number of nitrogens with one attached hydrogen (secondary N) is 1. The van der Waals surface area contributed by atoms with E-state index < -0.39 is 0 Å². The number of nitrogens with two attached hydrogens (primary N) is 1. The first kappa shape index (κ1) is 14.9. The van der Waals surface area contributed by atoms with Crippen molar-refractivity contribution in [1.82, 2.24) is 5.32 Å². The Hall–Kier alpha value is -0.480. The van der Waals surface area contributed by atoms with Gasteiger partial charge in [-0.05, 0) is 44.4 Å². The maximum absolute atomic E-state index is 6.07. The number of nitrogen functional groups attached to an aromatic ring is 1. The van der Waals surface area contributed by atoms with Gasteiger partial charge in [-0.15, -0.1) is 0 Å². The molecule has 0 unspecified atom stereocenters. The van der Waals surface area contributed by atoms with Crippen LogP contribution in [0.15, 0.2) is 12.1 Å². The van der Waals surface area contributed by atoms with Crippen LogP contribution in [0.3, 0.4) is 0 Å². The third kappa shape index (κ3) is 3.76. The van der Waals surface area contributed by atoms with Crippen molar-refractivity contribution in [1.29, 1.82) is 0 Å². The smallest absolute Gasteiger partial charge is 0.0693 e. The molecule has 0 amide bonds. The first-order chi connectivity index (χ1) is 8.97. The molecular weight excluding hydrogens is 283 g/mol. The second-order valence-electron chi connectivity index (χ2n) is 5.19. The largest absolute Gasteiger partial charge is 0.396 e. The molecule has 3 atom stereocenters. The van der Waals surface area contributed by atoms with Crippen LogP contribution in [0.25, 0.3) is 0 Å². The standard InChI is InChI=1S/C14H20Cl2N2O/c1-8-5-11(3-4-19-8)18-9(2)10-6-12(15)14(17)13(16)7-10/h6-9,11,18H,3-5,17H2,1-2H3/t8-,9-,11-/m1/s1. The number of anilines is 1. The molecule has 2 rings (SSSR count). The van der Waals surface area contributed by atoms with Gasteiger partial charge in [0, 0.05) is 18.7 Å². The summed E-state index contributed by atoms with van der Waals surface area (Å²) in [5.41, 5.74) is 7.25. The first-order valence-electron chi connectivity index (χ1n) is 6.59. The van der Waals surface area contributed by atoms with Gasteiger partial charge >= 0.3 is 0 Å². The third-order valence-corrected chi connectivity index (χ3v) is 4.20. The molecule has 1 fully saturated rings. The van der Waals surface area contributed by atoms with Gasteiger partial charge in [0.1, 0.15) is 0 Å². The van der Waals surface area contributed by atoms with Gasteiger partial charge in [-0.2, -0.15) is 0 Å². The molecule has 3 N–H and O–H groups in total. The normalized spacial score (nSPS) is 25.3. The molecule has 0 radical (unpaired) electrons. The Balaban J connectivity index is 2.05. The van der Waals surface area contributed by atoms with Crippen LogP contribution in [0.1, 0.15) is 38.3 Å². The molecule has 0 aromatic heterocycles. The van der Waals surface area contributed by atoms with E-state index in [1.807, 2.05) is 12.1 Å². The second-order valence-corrected chi connectivity index (χ2v) is 6.00. The molecule has 19 heavy (non-hydrogen) atoms. The average molecular weight is 303 g/mol. The van der Waals surface area contributed by atoms with Crippen molar-refractivity contribution in [3.05, 3.63) is 27.7 Å². The maximum atomic E-state index is 6.07. The highest BCUT2D eigenvalue weighted by Gasteiger charge is 2.21. The summed E-state index contributed by atoms with van der Waals surface area (Å²) in [6.07, 6.45) is 2.38. The van der Waals surface area contributed by atoms with Gasteiger partial charge in [-0.1, -0.05) is 23.2 Å². The highest BCUT2D eigenvalue weighted by molar-refractivity contribution is 6.38. The summed E-state index contributed by atoms with van der Waals surface area (Å²) < 4.78 is 5.55. The Morgan fingerprint density at radius 2 is 2.00 bits per heavy atom. The van der Waals surface area contributed by atoms with Crippen molar-refractivity contribution in [3.8, 4) is 0 Å². The van der Waals surface area contributed by atoms with Crippen LogP contribution >= 0.6 is 23.2 Å². The van der Waals surface area contributed by atoms with Gasteiger partial charge < -0.3 is 15.8 Å². The fourth-order valence-electron chi connectivity index (χ4n) is 2.45. The first-order valence-corrected chi connectivity index (χ1v) is 7.35. The number of benzene rings is 1. The Labute approximate surface area is 124 Å². The van der Waals surface area contributed by atoms with E-state index in [1.54, 1.807) is 0 Å². The van der Waals surface area contributed by atoms with E-state index >= 15 is 0 Å². The number of ether oxygens (including phenoxy) is 1. The minimum atomic E-state index is 0.186. The molecule has 1 saturated heterocycles. The Morgan fingerprint density at radius 1 is 1.37 bits per heavy atom. The number of hydrogen-bond acceptors (Lipinski definition) is 3. The van der Waals surface area contributed by atoms with Crippen molar-refractivity contribution in [2.75, 3.05) is 12.3 Å². The van der Waals surface area contributed by atoms with E-state index in [1.165, 1.54) is 0 Å². The minimum Gasteiger partial charge on any atom is -0.396 e. The fourth-order valence-corrected chi connectivity index (χ4v) is 2.96. The maximum Gasteiger partial charge on any atom is 0.0693 e. The van der Waals surface area contributed by atoms with Gasteiger partial charge in [-0.25, -0.2) is 0 Å². The zero-order chi connectivity index (χ0) is 14.0. The molecule has 1 aliphatic rings. The van der Waals surface area contributed by atoms with Crippen LogP contribution in [0.4, 0.5) is 5.69 Å². The van der Waals surface area contributed by atoms with E-state index in [9.17, 15) is 0 Å². The minimum absolute atomic E-state index is 0.186. The second kappa shape index (κ2) is 6.31. The summed E-state index contributed by atoms with van der Waals surface area (Å²) in [6, 6.07) is 4.41. The van der Waals surface area contributed by atoms with Gasteiger partial charge in [-0.3, -0.25) is 0 Å². The van der Waals surface area contributed by atoms with Crippen LogP contribution < -0.4 is 11.1 Å². The molecule has 1 aromatic carbocycles. The van der Waals surface area contributed by atoms with Crippen molar-refractivity contribution in [3.63, 3.8) is 0 Å². The lowest BCUT2D eigenvalue weighted by atomic mass is 10.0. The van der Waals surface area contributed by atoms with Crippen LogP contribution in [0, 0.1) is 0 Å². The average Bonchev–Trinajstić information content (AvgIpc) is 2.35. The summed E-state index contributed by atoms with van der Waals surface area (Å²) >= 11 is 12.1. The summed E-state index contributed by atoms with van der Waals surface area (Å²) in [6.45, 7) is 5.03. The topological polar surface area (TPSA) is 47.3 Å². The van der Waals surface area contributed by atoms with Gasteiger partial charge in [0.2, 0.25) is 0 Å². The molecule has 3 nitrogen and oxygen atoms in total. The Morgan fingerprint density at radius 3 is 2.58 bits per heavy atom. The van der Waals surface area contributed by atoms with Crippen LogP contribution in [0.2, 0.25) is 10.0 Å². The van der Waals surface area contributed by atoms with Gasteiger partial charge in [0.25, 0.3) is 0 Å². The van der Waals surface area contributed by atoms with E-state index in [4.69, 9.17) is 33.7 Å².